The molecule has 2 heterocycles. The Kier molecular flexibility index (Phi) is 3.57. The van der Waals surface area contributed by atoms with E-state index >= 15 is 0 Å². The molecule has 0 spiro atoms. The second-order valence-corrected chi connectivity index (χ2v) is 5.20. The summed E-state index contributed by atoms with van der Waals surface area (Å²) in [6, 6.07) is 4.73. The average Bonchev–Trinajstić information content (AvgIpc) is 2.72. The molecule has 18 heavy (non-hydrogen) atoms. The lowest BCUT2D eigenvalue weighted by molar-refractivity contribution is -0.137. The van der Waals surface area contributed by atoms with Gasteiger partial charge in [0, 0.05) is 22.8 Å². The van der Waals surface area contributed by atoms with E-state index in [4.69, 9.17) is 5.11 Å². The minimum atomic E-state index is -0.919. The Bertz CT molecular complexity index is 618. The maximum atomic E-state index is 11.3. The maximum Gasteiger partial charge on any atom is 0.304 e. The summed E-state index contributed by atoms with van der Waals surface area (Å²) >= 11 is 1.44. The number of aliphatic carboxylic acids is 1. The standard InChI is InChI=1S/C12H12N2O3S/c1-7-6-13-12(18-7)8(5-11(16)17)9-3-2-4-10(15)14-9/h2-4,6,8H,5H2,1H3,(H,14,15)(H,16,17). The fourth-order valence-corrected chi connectivity index (χ4v) is 2.60. The van der Waals surface area contributed by atoms with E-state index < -0.39 is 11.9 Å². The number of rotatable bonds is 4. The zero-order valence-corrected chi connectivity index (χ0v) is 10.5. The first-order chi connectivity index (χ1) is 8.56. The molecule has 0 aliphatic carbocycles. The van der Waals surface area contributed by atoms with Crippen molar-refractivity contribution in [2.75, 3.05) is 0 Å². The average molecular weight is 264 g/mol. The van der Waals surface area contributed by atoms with Crippen LogP contribution in [0.5, 0.6) is 0 Å². The molecule has 6 heteroatoms. The third-order valence-electron chi connectivity index (χ3n) is 2.48. The molecule has 5 nitrogen and oxygen atoms in total. The molecule has 0 saturated heterocycles. The van der Waals surface area contributed by atoms with Crippen LogP contribution in [0.15, 0.2) is 29.2 Å². The normalized spacial score (nSPS) is 12.3. The van der Waals surface area contributed by atoms with Crippen molar-refractivity contribution in [3.63, 3.8) is 0 Å². The fraction of sp³-hybridized carbons (Fsp3) is 0.250. The van der Waals surface area contributed by atoms with Crippen LogP contribution in [0.2, 0.25) is 0 Å². The second kappa shape index (κ2) is 5.14. The summed E-state index contributed by atoms with van der Waals surface area (Å²) < 4.78 is 0. The number of hydrogen-bond acceptors (Lipinski definition) is 4. The van der Waals surface area contributed by atoms with E-state index in [2.05, 4.69) is 9.97 Å². The van der Waals surface area contributed by atoms with Crippen LogP contribution in [0.25, 0.3) is 0 Å². The van der Waals surface area contributed by atoms with Gasteiger partial charge in [0.1, 0.15) is 5.01 Å². The van der Waals surface area contributed by atoms with E-state index in [1.54, 1.807) is 18.3 Å². The molecular weight excluding hydrogens is 252 g/mol. The second-order valence-electron chi connectivity index (χ2n) is 3.93. The number of hydrogen-bond donors (Lipinski definition) is 2. The minimum absolute atomic E-state index is 0.0904. The number of aromatic nitrogens is 2. The predicted molar refractivity (Wildman–Crippen MR) is 68.0 cm³/mol. The molecular formula is C12H12N2O3S. The van der Waals surface area contributed by atoms with E-state index in [1.807, 2.05) is 6.92 Å². The number of aryl methyl sites for hydroxylation is 1. The van der Waals surface area contributed by atoms with Gasteiger partial charge in [-0.25, -0.2) is 4.98 Å². The van der Waals surface area contributed by atoms with Gasteiger partial charge in [-0.15, -0.1) is 11.3 Å². The van der Waals surface area contributed by atoms with Crippen molar-refractivity contribution in [1.29, 1.82) is 0 Å². The number of carboxylic acid groups (broad SMARTS) is 1. The molecule has 0 aliphatic rings. The number of aromatic amines is 1. The first-order valence-corrected chi connectivity index (χ1v) is 6.21. The molecule has 0 fully saturated rings. The van der Waals surface area contributed by atoms with Crippen molar-refractivity contribution in [3.8, 4) is 0 Å². The lowest BCUT2D eigenvalue weighted by Crippen LogP contribution is -2.14. The number of H-pyrrole nitrogens is 1. The van der Waals surface area contributed by atoms with Crippen LogP contribution >= 0.6 is 11.3 Å². The molecule has 1 unspecified atom stereocenters. The topological polar surface area (TPSA) is 83.0 Å². The Labute approximate surface area is 107 Å². The largest absolute Gasteiger partial charge is 0.481 e. The molecule has 0 radical (unpaired) electrons. The summed E-state index contributed by atoms with van der Waals surface area (Å²) in [5.41, 5.74) is 0.343. The molecule has 1 atom stereocenters. The quantitative estimate of drug-likeness (QED) is 0.881. The molecule has 0 bridgehead atoms. The summed E-state index contributed by atoms with van der Waals surface area (Å²) in [6.07, 6.45) is 1.61. The van der Waals surface area contributed by atoms with E-state index in [-0.39, 0.29) is 12.0 Å². The number of carbonyl (C=O) groups is 1. The molecule has 2 aromatic rings. The minimum Gasteiger partial charge on any atom is -0.481 e. The third kappa shape index (κ3) is 2.84. The first-order valence-electron chi connectivity index (χ1n) is 5.39. The Morgan fingerprint density at radius 1 is 1.56 bits per heavy atom. The number of thiazole rings is 1. The molecule has 2 rings (SSSR count). The van der Waals surface area contributed by atoms with Gasteiger partial charge in [-0.2, -0.15) is 0 Å². The number of nitrogens with zero attached hydrogens (tertiary/aromatic N) is 1. The zero-order chi connectivity index (χ0) is 13.1. The molecule has 2 aromatic heterocycles. The van der Waals surface area contributed by atoms with Crippen LogP contribution in [0, 0.1) is 6.92 Å². The zero-order valence-electron chi connectivity index (χ0n) is 9.71. The van der Waals surface area contributed by atoms with E-state index in [0.717, 1.165) is 4.88 Å². The molecule has 0 aromatic carbocycles. The maximum absolute atomic E-state index is 11.3. The van der Waals surface area contributed by atoms with Crippen molar-refractivity contribution in [2.24, 2.45) is 0 Å². The van der Waals surface area contributed by atoms with Gasteiger partial charge in [0.2, 0.25) is 5.56 Å². The van der Waals surface area contributed by atoms with Gasteiger partial charge >= 0.3 is 5.97 Å². The highest BCUT2D eigenvalue weighted by Gasteiger charge is 2.21. The molecule has 94 valence electrons. The summed E-state index contributed by atoms with van der Waals surface area (Å²) in [4.78, 5) is 30.1. The highest BCUT2D eigenvalue weighted by Crippen LogP contribution is 2.29. The van der Waals surface area contributed by atoms with Gasteiger partial charge in [-0.3, -0.25) is 9.59 Å². The van der Waals surface area contributed by atoms with Gasteiger partial charge in [-0.05, 0) is 13.0 Å². The van der Waals surface area contributed by atoms with Gasteiger partial charge in [0.15, 0.2) is 0 Å². The Morgan fingerprint density at radius 2 is 2.33 bits per heavy atom. The number of pyridine rings is 1. The van der Waals surface area contributed by atoms with Crippen molar-refractivity contribution in [3.05, 3.63) is 50.3 Å². The van der Waals surface area contributed by atoms with Gasteiger partial charge in [-0.1, -0.05) is 6.07 Å². The Morgan fingerprint density at radius 3 is 2.89 bits per heavy atom. The predicted octanol–water partition coefficient (Wildman–Crippen LogP) is 1.75. The van der Waals surface area contributed by atoms with Crippen molar-refractivity contribution < 1.29 is 9.90 Å². The van der Waals surface area contributed by atoms with Crippen LogP contribution in [0.1, 0.15) is 27.9 Å². The van der Waals surface area contributed by atoms with Crippen molar-refractivity contribution in [2.45, 2.75) is 19.3 Å². The Balaban J connectivity index is 2.42. The lowest BCUT2D eigenvalue weighted by atomic mass is 10.0. The summed E-state index contributed by atoms with van der Waals surface area (Å²) in [5.74, 6) is -1.33. The molecule has 0 saturated carbocycles. The Hall–Kier alpha value is -1.95. The smallest absolute Gasteiger partial charge is 0.304 e. The monoisotopic (exact) mass is 264 g/mol. The van der Waals surface area contributed by atoms with E-state index in [0.29, 0.717) is 10.7 Å². The summed E-state index contributed by atoms with van der Waals surface area (Å²) in [5, 5.41) is 9.67. The third-order valence-corrected chi connectivity index (χ3v) is 3.51. The van der Waals surface area contributed by atoms with Crippen LogP contribution in [0.4, 0.5) is 0 Å². The van der Waals surface area contributed by atoms with Crippen LogP contribution < -0.4 is 5.56 Å². The van der Waals surface area contributed by atoms with Gasteiger partial charge in [0.25, 0.3) is 0 Å². The molecule has 0 amide bonds. The van der Waals surface area contributed by atoms with E-state index in [1.165, 1.54) is 17.4 Å². The molecule has 2 N–H and O–H groups in total. The SMILES string of the molecule is Cc1cnc(C(CC(=O)O)c2cccc(=O)[nH]2)s1. The van der Waals surface area contributed by atoms with Crippen molar-refractivity contribution >= 4 is 17.3 Å². The number of nitrogens with one attached hydrogen (secondary N) is 1. The van der Waals surface area contributed by atoms with Crippen LogP contribution in [-0.4, -0.2) is 21.0 Å². The summed E-state index contributed by atoms with van der Waals surface area (Å²) in [6.45, 7) is 1.91. The highest BCUT2D eigenvalue weighted by atomic mass is 32.1. The fourth-order valence-electron chi connectivity index (χ4n) is 1.71. The van der Waals surface area contributed by atoms with Gasteiger partial charge in [0.05, 0.1) is 12.3 Å². The van der Waals surface area contributed by atoms with Crippen molar-refractivity contribution in [1.82, 2.24) is 9.97 Å². The van der Waals surface area contributed by atoms with E-state index in [9.17, 15) is 9.59 Å². The van der Waals surface area contributed by atoms with Crippen LogP contribution in [0.3, 0.4) is 0 Å². The highest BCUT2D eigenvalue weighted by molar-refractivity contribution is 7.11. The summed E-state index contributed by atoms with van der Waals surface area (Å²) in [7, 11) is 0. The van der Waals surface area contributed by atoms with Crippen LogP contribution in [-0.2, 0) is 4.79 Å². The number of carboxylic acids is 1. The first kappa shape index (κ1) is 12.5. The van der Waals surface area contributed by atoms with Gasteiger partial charge < -0.3 is 10.1 Å². The molecule has 0 aliphatic heterocycles. The lowest BCUT2D eigenvalue weighted by Gasteiger charge is -2.11.